The fraction of sp³-hybridized carbons (Fsp3) is 0.208. The van der Waals surface area contributed by atoms with Gasteiger partial charge in [0.1, 0.15) is 22.3 Å². The zero-order valence-corrected chi connectivity index (χ0v) is 17.8. The Balaban J connectivity index is 1.90. The number of aromatic nitrogens is 3. The molecule has 0 radical (unpaired) electrons. The van der Waals surface area contributed by atoms with E-state index in [0.717, 1.165) is 32.9 Å². The Morgan fingerprint density at radius 3 is 2.40 bits per heavy atom. The molecule has 0 spiro atoms. The molecule has 152 valence electrons. The third-order valence-electron chi connectivity index (χ3n) is 4.84. The number of nitrogens with zero attached hydrogens (tertiary/aromatic N) is 3. The molecule has 2 aromatic carbocycles. The molecule has 0 aliphatic carbocycles. The average Bonchev–Trinajstić information content (AvgIpc) is 3.19. The Hall–Kier alpha value is -3.12. The summed E-state index contributed by atoms with van der Waals surface area (Å²) in [5, 5.41) is 1.42. The first-order valence-corrected chi connectivity index (χ1v) is 10.9. The van der Waals surface area contributed by atoms with E-state index in [4.69, 9.17) is 4.74 Å². The van der Waals surface area contributed by atoms with Gasteiger partial charge in [0.15, 0.2) is 0 Å². The maximum atomic E-state index is 12.4. The molecular weight excluding hydrogens is 394 g/mol. The van der Waals surface area contributed by atoms with Crippen molar-refractivity contribution < 1.29 is 9.53 Å². The van der Waals surface area contributed by atoms with Gasteiger partial charge in [-0.05, 0) is 31.0 Å². The highest BCUT2D eigenvalue weighted by Crippen LogP contribution is 2.38. The van der Waals surface area contributed by atoms with Crippen molar-refractivity contribution in [2.24, 2.45) is 0 Å². The summed E-state index contributed by atoms with van der Waals surface area (Å²) in [6.07, 6.45) is 4.32. The molecule has 0 aliphatic rings. The topological polar surface area (TPSA) is 57.0 Å². The van der Waals surface area contributed by atoms with Crippen molar-refractivity contribution in [1.29, 1.82) is 0 Å². The van der Waals surface area contributed by atoms with E-state index in [1.165, 1.54) is 11.8 Å². The number of fused-ring (bicyclic) bond motifs is 1. The molecule has 0 fully saturated rings. The van der Waals surface area contributed by atoms with Crippen LogP contribution in [0.2, 0.25) is 0 Å². The average molecular weight is 418 g/mol. The quantitative estimate of drug-likeness (QED) is 0.225. The number of hydrogen-bond acceptors (Lipinski definition) is 5. The smallest absolute Gasteiger partial charge is 0.319 e. The second-order valence-electron chi connectivity index (χ2n) is 6.76. The number of ether oxygens (including phenoxy) is 1. The van der Waals surface area contributed by atoms with E-state index in [9.17, 15) is 4.79 Å². The van der Waals surface area contributed by atoms with Gasteiger partial charge in [-0.25, -0.2) is 9.97 Å². The Morgan fingerprint density at radius 1 is 1.03 bits per heavy atom. The predicted octanol–water partition coefficient (Wildman–Crippen LogP) is 5.52. The summed E-state index contributed by atoms with van der Waals surface area (Å²) >= 11 is 1.44. The Kier molecular flexibility index (Phi) is 6.14. The van der Waals surface area contributed by atoms with Gasteiger partial charge in [-0.15, -0.1) is 0 Å². The summed E-state index contributed by atoms with van der Waals surface area (Å²) in [6.45, 7) is 4.18. The van der Waals surface area contributed by atoms with E-state index < -0.39 is 0 Å². The lowest BCUT2D eigenvalue weighted by Crippen LogP contribution is -2.19. The second kappa shape index (κ2) is 9.13. The minimum Gasteiger partial charge on any atom is -0.465 e. The largest absolute Gasteiger partial charge is 0.465 e. The van der Waals surface area contributed by atoms with Crippen LogP contribution < -0.4 is 0 Å². The molecule has 1 atom stereocenters. The molecule has 6 heteroatoms. The molecule has 0 aliphatic heterocycles. The highest BCUT2D eigenvalue weighted by molar-refractivity contribution is 8.00. The Morgan fingerprint density at radius 2 is 1.73 bits per heavy atom. The number of para-hydroxylation sites is 1. The second-order valence-corrected chi connectivity index (χ2v) is 7.95. The number of hydrogen-bond donors (Lipinski definition) is 0. The van der Waals surface area contributed by atoms with Crippen LogP contribution in [-0.4, -0.2) is 32.4 Å². The van der Waals surface area contributed by atoms with Crippen LogP contribution in [0.1, 0.15) is 20.3 Å². The third-order valence-corrected chi connectivity index (χ3v) is 6.18. The van der Waals surface area contributed by atoms with Gasteiger partial charge in [0.2, 0.25) is 0 Å². The van der Waals surface area contributed by atoms with Crippen molar-refractivity contribution in [3.8, 4) is 16.8 Å². The molecule has 4 aromatic rings. The summed E-state index contributed by atoms with van der Waals surface area (Å²) in [5.74, 6) is -0.208. The molecule has 2 aromatic heterocycles. The minimum atomic E-state index is -0.313. The summed E-state index contributed by atoms with van der Waals surface area (Å²) in [5.41, 5.74) is 3.96. The van der Waals surface area contributed by atoms with Crippen molar-refractivity contribution in [2.75, 3.05) is 6.61 Å². The van der Waals surface area contributed by atoms with E-state index in [1.54, 1.807) is 6.33 Å². The summed E-state index contributed by atoms with van der Waals surface area (Å²) < 4.78 is 7.34. The highest BCUT2D eigenvalue weighted by atomic mass is 32.2. The van der Waals surface area contributed by atoms with Gasteiger partial charge in [0.25, 0.3) is 0 Å². The number of thioether (sulfide) groups is 1. The van der Waals surface area contributed by atoms with Gasteiger partial charge in [-0.2, -0.15) is 0 Å². The standard InChI is InChI=1S/C24H23N3O2S/c1-3-20(24(28)29-4-2)30-23-21-19(17-11-7-5-8-12-17)15-27(22(21)25-16-26-23)18-13-9-6-10-14-18/h5-16,20H,3-4H2,1-2H3/t20-/m1/s1. The monoisotopic (exact) mass is 417 g/mol. The molecule has 0 amide bonds. The zero-order chi connectivity index (χ0) is 20.9. The van der Waals surface area contributed by atoms with Gasteiger partial charge in [-0.3, -0.25) is 4.79 Å². The molecule has 4 rings (SSSR count). The first kappa shape index (κ1) is 20.2. The molecular formula is C24H23N3O2S. The van der Waals surface area contributed by atoms with Crippen LogP contribution in [0, 0.1) is 0 Å². The van der Waals surface area contributed by atoms with E-state index in [1.807, 2.05) is 50.2 Å². The number of esters is 1. The van der Waals surface area contributed by atoms with Gasteiger partial charge < -0.3 is 9.30 Å². The summed E-state index contributed by atoms with van der Waals surface area (Å²) in [7, 11) is 0. The van der Waals surface area contributed by atoms with E-state index >= 15 is 0 Å². The highest BCUT2D eigenvalue weighted by Gasteiger charge is 2.24. The van der Waals surface area contributed by atoms with Crippen LogP contribution in [0.15, 0.2) is 78.2 Å². The molecule has 0 unspecified atom stereocenters. The Labute approximate surface area is 180 Å². The SMILES string of the molecule is CCOC(=O)[C@@H](CC)Sc1ncnc2c1c(-c1ccccc1)cn2-c1ccccc1. The number of benzene rings is 2. The van der Waals surface area contributed by atoms with Gasteiger partial charge in [0.05, 0.1) is 12.0 Å². The Bertz CT molecular complexity index is 1140. The van der Waals surface area contributed by atoms with Crippen molar-refractivity contribution in [1.82, 2.24) is 14.5 Å². The molecule has 5 nitrogen and oxygen atoms in total. The molecule has 30 heavy (non-hydrogen) atoms. The first-order chi connectivity index (χ1) is 14.7. The van der Waals surface area contributed by atoms with Crippen LogP contribution in [0.25, 0.3) is 27.8 Å². The maximum absolute atomic E-state index is 12.4. The van der Waals surface area contributed by atoms with Crippen molar-refractivity contribution in [3.63, 3.8) is 0 Å². The summed E-state index contributed by atoms with van der Waals surface area (Å²) in [4.78, 5) is 21.6. The summed E-state index contributed by atoms with van der Waals surface area (Å²) in [6, 6.07) is 20.3. The van der Waals surface area contributed by atoms with Gasteiger partial charge in [0, 0.05) is 17.4 Å². The third kappa shape index (κ3) is 3.96. The number of rotatable bonds is 7. The van der Waals surface area contributed by atoms with Crippen molar-refractivity contribution in [3.05, 3.63) is 73.2 Å². The van der Waals surface area contributed by atoms with Gasteiger partial charge in [-0.1, -0.05) is 67.2 Å². The van der Waals surface area contributed by atoms with Gasteiger partial charge >= 0.3 is 5.97 Å². The fourth-order valence-electron chi connectivity index (χ4n) is 3.41. The lowest BCUT2D eigenvalue weighted by Gasteiger charge is -2.13. The van der Waals surface area contributed by atoms with Crippen LogP contribution >= 0.6 is 11.8 Å². The molecule has 0 saturated carbocycles. The molecule has 0 N–H and O–H groups in total. The molecule has 0 saturated heterocycles. The van der Waals surface area contributed by atoms with Crippen molar-refractivity contribution >= 4 is 28.8 Å². The minimum absolute atomic E-state index is 0.208. The normalized spacial score (nSPS) is 12.1. The van der Waals surface area contributed by atoms with Crippen LogP contribution in [0.3, 0.4) is 0 Å². The zero-order valence-electron chi connectivity index (χ0n) is 17.0. The lowest BCUT2D eigenvalue weighted by atomic mass is 10.1. The maximum Gasteiger partial charge on any atom is 0.319 e. The van der Waals surface area contributed by atoms with Crippen LogP contribution in [0.4, 0.5) is 0 Å². The number of carbonyl (C=O) groups is 1. The fourth-order valence-corrected chi connectivity index (χ4v) is 4.44. The van der Waals surface area contributed by atoms with E-state index in [0.29, 0.717) is 13.0 Å². The van der Waals surface area contributed by atoms with Crippen LogP contribution in [0.5, 0.6) is 0 Å². The lowest BCUT2D eigenvalue weighted by molar-refractivity contribution is -0.142. The van der Waals surface area contributed by atoms with E-state index in [-0.39, 0.29) is 11.2 Å². The predicted molar refractivity (Wildman–Crippen MR) is 121 cm³/mol. The first-order valence-electron chi connectivity index (χ1n) is 10.0. The molecule has 0 bridgehead atoms. The van der Waals surface area contributed by atoms with E-state index in [2.05, 4.69) is 45.0 Å². The number of carbonyl (C=O) groups excluding carboxylic acids is 1. The molecule has 2 heterocycles. The van der Waals surface area contributed by atoms with Crippen molar-refractivity contribution in [2.45, 2.75) is 30.5 Å². The van der Waals surface area contributed by atoms with Crippen LogP contribution in [-0.2, 0) is 9.53 Å².